The molecule has 1 saturated heterocycles. The number of aryl methyl sites for hydroxylation is 1. The van der Waals surface area contributed by atoms with E-state index in [2.05, 4.69) is 15.2 Å². The first-order valence-electron chi connectivity index (χ1n) is 8.93. The van der Waals surface area contributed by atoms with E-state index in [1.165, 1.54) is 0 Å². The summed E-state index contributed by atoms with van der Waals surface area (Å²) in [7, 11) is 1.63. The molecule has 3 heterocycles. The van der Waals surface area contributed by atoms with Crippen molar-refractivity contribution in [3.8, 4) is 11.4 Å². The predicted molar refractivity (Wildman–Crippen MR) is 97.0 cm³/mol. The van der Waals surface area contributed by atoms with E-state index in [1.807, 2.05) is 36.1 Å². The molecule has 1 aliphatic heterocycles. The summed E-state index contributed by atoms with van der Waals surface area (Å²) in [5.74, 6) is 2.26. The number of piperidine rings is 1. The van der Waals surface area contributed by atoms with Crippen LogP contribution in [0.4, 0.5) is 0 Å². The Bertz CT molecular complexity index is 923. The molecule has 1 amide bonds. The minimum absolute atomic E-state index is 0.0533. The molecule has 0 saturated carbocycles. The topological polar surface area (TPSA) is 86.3 Å². The van der Waals surface area contributed by atoms with Crippen LogP contribution in [-0.4, -0.2) is 50.9 Å². The summed E-state index contributed by atoms with van der Waals surface area (Å²) in [6.45, 7) is 3.12. The van der Waals surface area contributed by atoms with Gasteiger partial charge in [0.15, 0.2) is 11.5 Å². The first-order valence-corrected chi connectivity index (χ1v) is 8.93. The number of aromatic nitrogens is 4. The van der Waals surface area contributed by atoms with Crippen molar-refractivity contribution < 1.29 is 14.1 Å². The van der Waals surface area contributed by atoms with Gasteiger partial charge in [-0.25, -0.2) is 4.68 Å². The Labute approximate surface area is 156 Å². The largest absolute Gasteiger partial charge is 0.497 e. The average Bonchev–Trinajstić information content (AvgIpc) is 3.37. The van der Waals surface area contributed by atoms with E-state index >= 15 is 0 Å². The summed E-state index contributed by atoms with van der Waals surface area (Å²) < 4.78 is 12.1. The molecule has 140 valence electrons. The summed E-state index contributed by atoms with van der Waals surface area (Å²) in [5.41, 5.74) is 1.32. The van der Waals surface area contributed by atoms with Crippen molar-refractivity contribution in [1.29, 1.82) is 0 Å². The molecule has 0 N–H and O–H groups in total. The van der Waals surface area contributed by atoms with E-state index in [0.29, 0.717) is 30.5 Å². The molecular formula is C19H21N5O3. The van der Waals surface area contributed by atoms with Crippen LogP contribution in [0.5, 0.6) is 5.75 Å². The van der Waals surface area contributed by atoms with Gasteiger partial charge < -0.3 is 14.2 Å². The van der Waals surface area contributed by atoms with E-state index in [-0.39, 0.29) is 11.8 Å². The second-order valence-electron chi connectivity index (χ2n) is 6.59. The van der Waals surface area contributed by atoms with Crippen molar-refractivity contribution in [1.82, 2.24) is 24.8 Å². The third-order valence-corrected chi connectivity index (χ3v) is 4.82. The maximum absolute atomic E-state index is 12.8. The molecule has 0 aliphatic carbocycles. The van der Waals surface area contributed by atoms with Crippen molar-refractivity contribution in [2.75, 3.05) is 20.2 Å². The molecule has 8 nitrogen and oxygen atoms in total. The third kappa shape index (κ3) is 3.55. The number of likely N-dealkylation sites (tertiary alicyclic amines) is 1. The van der Waals surface area contributed by atoms with Crippen LogP contribution in [0, 0.1) is 6.92 Å². The van der Waals surface area contributed by atoms with Crippen LogP contribution in [0.3, 0.4) is 0 Å². The highest BCUT2D eigenvalue weighted by atomic mass is 16.5. The number of hydrogen-bond donors (Lipinski definition) is 0. The Kier molecular flexibility index (Phi) is 4.62. The van der Waals surface area contributed by atoms with Crippen molar-refractivity contribution in [3.05, 3.63) is 53.9 Å². The zero-order valence-corrected chi connectivity index (χ0v) is 15.3. The molecule has 1 aromatic carbocycles. The number of ether oxygens (including phenoxy) is 1. The van der Waals surface area contributed by atoms with Gasteiger partial charge in [0, 0.05) is 25.2 Å². The summed E-state index contributed by atoms with van der Waals surface area (Å²) in [4.78, 5) is 18.9. The van der Waals surface area contributed by atoms with Crippen molar-refractivity contribution in [3.63, 3.8) is 0 Å². The molecule has 4 rings (SSSR count). The van der Waals surface area contributed by atoms with Crippen molar-refractivity contribution in [2.45, 2.75) is 25.7 Å². The van der Waals surface area contributed by atoms with Gasteiger partial charge in [-0.05, 0) is 50.1 Å². The SMILES string of the molecule is COc1ccc(-n2ccc(C(=O)N3CCC(c4nc(C)no4)CC3)n2)cc1. The Hall–Kier alpha value is -3.16. The molecular weight excluding hydrogens is 346 g/mol. The molecule has 1 aliphatic rings. The second-order valence-corrected chi connectivity index (χ2v) is 6.59. The van der Waals surface area contributed by atoms with E-state index < -0.39 is 0 Å². The lowest BCUT2D eigenvalue weighted by Crippen LogP contribution is -2.38. The summed E-state index contributed by atoms with van der Waals surface area (Å²) in [5, 5.41) is 8.28. The molecule has 8 heteroatoms. The molecule has 0 bridgehead atoms. The van der Waals surface area contributed by atoms with Crippen LogP contribution < -0.4 is 4.74 Å². The fourth-order valence-electron chi connectivity index (χ4n) is 3.29. The molecule has 0 radical (unpaired) electrons. The fraction of sp³-hybridized carbons (Fsp3) is 0.368. The number of hydrogen-bond acceptors (Lipinski definition) is 6. The fourth-order valence-corrected chi connectivity index (χ4v) is 3.29. The van der Waals surface area contributed by atoms with Gasteiger partial charge in [-0.3, -0.25) is 4.79 Å². The van der Waals surface area contributed by atoms with Gasteiger partial charge in [0.2, 0.25) is 5.89 Å². The number of carbonyl (C=O) groups is 1. The molecule has 0 spiro atoms. The van der Waals surface area contributed by atoms with Crippen LogP contribution in [0.2, 0.25) is 0 Å². The standard InChI is InChI=1S/C19H21N5O3/c1-13-20-18(27-22-13)14-7-10-23(11-8-14)19(25)17-9-12-24(21-17)15-3-5-16(26-2)6-4-15/h3-6,9,12,14H,7-8,10-11H2,1-2H3. The van der Waals surface area contributed by atoms with E-state index in [0.717, 1.165) is 24.3 Å². The maximum atomic E-state index is 12.8. The Balaban J connectivity index is 1.41. The Morgan fingerprint density at radius 3 is 2.56 bits per heavy atom. The quantitative estimate of drug-likeness (QED) is 0.704. The lowest BCUT2D eigenvalue weighted by atomic mass is 9.96. The van der Waals surface area contributed by atoms with Crippen molar-refractivity contribution >= 4 is 5.91 Å². The average molecular weight is 367 g/mol. The van der Waals surface area contributed by atoms with Crippen LogP contribution in [-0.2, 0) is 0 Å². The number of benzene rings is 1. The first kappa shape index (κ1) is 17.3. The molecule has 27 heavy (non-hydrogen) atoms. The Morgan fingerprint density at radius 1 is 1.19 bits per heavy atom. The van der Waals surface area contributed by atoms with Gasteiger partial charge in [0.1, 0.15) is 5.75 Å². The summed E-state index contributed by atoms with van der Waals surface area (Å²) in [6, 6.07) is 9.28. The van der Waals surface area contributed by atoms with Crippen LogP contribution in [0.15, 0.2) is 41.1 Å². The molecule has 2 aromatic heterocycles. The van der Waals surface area contributed by atoms with Gasteiger partial charge >= 0.3 is 0 Å². The van der Waals surface area contributed by atoms with Gasteiger partial charge in [-0.2, -0.15) is 10.1 Å². The highest BCUT2D eigenvalue weighted by Gasteiger charge is 2.28. The highest BCUT2D eigenvalue weighted by molar-refractivity contribution is 5.92. The van der Waals surface area contributed by atoms with Gasteiger partial charge in [-0.1, -0.05) is 5.16 Å². The lowest BCUT2D eigenvalue weighted by Gasteiger charge is -2.29. The van der Waals surface area contributed by atoms with Crippen LogP contribution in [0.25, 0.3) is 5.69 Å². The van der Waals surface area contributed by atoms with E-state index in [4.69, 9.17) is 9.26 Å². The Morgan fingerprint density at radius 2 is 1.93 bits per heavy atom. The molecule has 0 unspecified atom stereocenters. The van der Waals surface area contributed by atoms with Gasteiger partial charge in [0.05, 0.1) is 12.8 Å². The number of nitrogens with zero attached hydrogens (tertiary/aromatic N) is 5. The minimum atomic E-state index is -0.0533. The minimum Gasteiger partial charge on any atom is -0.497 e. The number of rotatable bonds is 4. The zero-order chi connectivity index (χ0) is 18.8. The van der Waals surface area contributed by atoms with E-state index in [9.17, 15) is 4.79 Å². The van der Waals surface area contributed by atoms with Crippen LogP contribution >= 0.6 is 0 Å². The van der Waals surface area contributed by atoms with Gasteiger partial charge in [-0.15, -0.1) is 0 Å². The van der Waals surface area contributed by atoms with Gasteiger partial charge in [0.25, 0.3) is 5.91 Å². The lowest BCUT2D eigenvalue weighted by molar-refractivity contribution is 0.0698. The number of carbonyl (C=O) groups excluding carboxylic acids is 1. The summed E-state index contributed by atoms with van der Waals surface area (Å²) >= 11 is 0. The predicted octanol–water partition coefficient (Wildman–Crippen LogP) is 2.59. The molecule has 3 aromatic rings. The molecule has 1 fully saturated rings. The smallest absolute Gasteiger partial charge is 0.274 e. The monoisotopic (exact) mass is 367 g/mol. The highest BCUT2D eigenvalue weighted by Crippen LogP contribution is 2.27. The molecule has 0 atom stereocenters. The normalized spacial score (nSPS) is 15.1. The third-order valence-electron chi connectivity index (χ3n) is 4.82. The van der Waals surface area contributed by atoms with Crippen molar-refractivity contribution in [2.24, 2.45) is 0 Å². The van der Waals surface area contributed by atoms with E-state index in [1.54, 1.807) is 24.1 Å². The van der Waals surface area contributed by atoms with Crippen LogP contribution in [0.1, 0.15) is 41.0 Å². The zero-order valence-electron chi connectivity index (χ0n) is 15.3. The first-order chi connectivity index (χ1) is 13.1. The number of methoxy groups -OCH3 is 1. The second kappa shape index (κ2) is 7.22. The maximum Gasteiger partial charge on any atom is 0.274 e. The number of amides is 1. The summed E-state index contributed by atoms with van der Waals surface area (Å²) in [6.07, 6.45) is 3.42.